The lowest BCUT2D eigenvalue weighted by molar-refractivity contribution is 0.0515. The normalized spacial score (nSPS) is 29.9. The molecule has 0 radical (unpaired) electrons. The van der Waals surface area contributed by atoms with Crippen molar-refractivity contribution in [2.24, 2.45) is 11.8 Å². The summed E-state index contributed by atoms with van der Waals surface area (Å²) in [7, 11) is 0. The molecule has 1 fully saturated rings. The van der Waals surface area contributed by atoms with Crippen LogP contribution in [0.15, 0.2) is 17.8 Å². The first-order valence-corrected chi connectivity index (χ1v) is 7.19. The molecule has 1 aliphatic rings. The Kier molecular flexibility index (Phi) is 2.92. The van der Waals surface area contributed by atoms with Crippen molar-refractivity contribution in [1.29, 1.82) is 0 Å². The Morgan fingerprint density at radius 1 is 1.53 bits per heavy atom. The SMILES string of the molecule is CC1CCC(O)C(Cc2cn3ccsc3n2)C1. The van der Waals surface area contributed by atoms with Crippen LogP contribution in [0.3, 0.4) is 0 Å². The van der Waals surface area contributed by atoms with E-state index in [-0.39, 0.29) is 6.10 Å². The number of aliphatic hydroxyl groups excluding tert-OH is 1. The summed E-state index contributed by atoms with van der Waals surface area (Å²) in [6.45, 7) is 2.28. The fourth-order valence-corrected chi connectivity index (χ4v) is 3.56. The first-order chi connectivity index (χ1) is 8.22. The van der Waals surface area contributed by atoms with Crippen LogP contribution in [0.4, 0.5) is 0 Å². The van der Waals surface area contributed by atoms with Crippen LogP contribution in [0.25, 0.3) is 4.96 Å². The number of aliphatic hydroxyl groups is 1. The fourth-order valence-electron chi connectivity index (χ4n) is 2.85. The zero-order chi connectivity index (χ0) is 11.8. The van der Waals surface area contributed by atoms with E-state index < -0.39 is 0 Å². The van der Waals surface area contributed by atoms with Gasteiger partial charge in [-0.2, -0.15) is 0 Å². The molecule has 2 heterocycles. The Labute approximate surface area is 105 Å². The summed E-state index contributed by atoms with van der Waals surface area (Å²) >= 11 is 1.66. The molecular weight excluding hydrogens is 232 g/mol. The molecule has 2 aromatic rings. The van der Waals surface area contributed by atoms with Crippen molar-refractivity contribution < 1.29 is 5.11 Å². The van der Waals surface area contributed by atoms with Crippen molar-refractivity contribution in [2.75, 3.05) is 0 Å². The molecular formula is C13H18N2OS. The summed E-state index contributed by atoms with van der Waals surface area (Å²) in [5.74, 6) is 1.13. The molecule has 3 atom stereocenters. The highest BCUT2D eigenvalue weighted by atomic mass is 32.1. The number of aromatic nitrogens is 2. The van der Waals surface area contributed by atoms with E-state index in [9.17, 15) is 5.11 Å². The number of rotatable bonds is 2. The lowest BCUT2D eigenvalue weighted by Crippen LogP contribution is -2.29. The van der Waals surface area contributed by atoms with Gasteiger partial charge in [0, 0.05) is 17.8 Å². The monoisotopic (exact) mass is 250 g/mol. The van der Waals surface area contributed by atoms with Crippen LogP contribution in [0.1, 0.15) is 31.9 Å². The summed E-state index contributed by atoms with van der Waals surface area (Å²) in [6.07, 6.45) is 8.16. The van der Waals surface area contributed by atoms with Gasteiger partial charge in [0.2, 0.25) is 0 Å². The van der Waals surface area contributed by atoms with Gasteiger partial charge in [0.25, 0.3) is 0 Å². The molecule has 17 heavy (non-hydrogen) atoms. The Bertz CT molecular complexity index is 476. The van der Waals surface area contributed by atoms with E-state index in [1.807, 2.05) is 11.6 Å². The van der Waals surface area contributed by atoms with Gasteiger partial charge in [-0.05, 0) is 37.5 Å². The third kappa shape index (κ3) is 2.24. The summed E-state index contributed by atoms with van der Waals surface area (Å²) in [4.78, 5) is 5.65. The second-order valence-corrected chi connectivity index (χ2v) is 6.15. The summed E-state index contributed by atoms with van der Waals surface area (Å²) in [6, 6.07) is 0. The average molecular weight is 250 g/mol. The maximum absolute atomic E-state index is 10.0. The predicted molar refractivity (Wildman–Crippen MR) is 69.3 cm³/mol. The molecule has 1 N–H and O–H groups in total. The molecule has 3 nitrogen and oxygen atoms in total. The maximum atomic E-state index is 10.0. The maximum Gasteiger partial charge on any atom is 0.193 e. The number of imidazole rings is 1. The minimum atomic E-state index is -0.133. The van der Waals surface area contributed by atoms with Gasteiger partial charge in [-0.15, -0.1) is 11.3 Å². The highest BCUT2D eigenvalue weighted by Gasteiger charge is 2.27. The molecule has 3 rings (SSSR count). The lowest BCUT2D eigenvalue weighted by atomic mass is 9.78. The summed E-state index contributed by atoms with van der Waals surface area (Å²) in [5, 5.41) is 12.1. The topological polar surface area (TPSA) is 37.5 Å². The molecule has 3 unspecified atom stereocenters. The van der Waals surface area contributed by atoms with Crippen LogP contribution >= 0.6 is 11.3 Å². The van der Waals surface area contributed by atoms with Gasteiger partial charge in [-0.3, -0.25) is 4.40 Å². The van der Waals surface area contributed by atoms with E-state index in [1.54, 1.807) is 11.3 Å². The molecule has 0 saturated heterocycles. The number of thiazole rings is 1. The second-order valence-electron chi connectivity index (χ2n) is 5.27. The highest BCUT2D eigenvalue weighted by molar-refractivity contribution is 7.15. The Morgan fingerprint density at radius 2 is 2.41 bits per heavy atom. The Hall–Kier alpha value is -0.870. The molecule has 4 heteroatoms. The van der Waals surface area contributed by atoms with Crippen LogP contribution in [-0.4, -0.2) is 20.6 Å². The van der Waals surface area contributed by atoms with Crippen LogP contribution in [0, 0.1) is 11.8 Å². The van der Waals surface area contributed by atoms with Gasteiger partial charge in [0.1, 0.15) is 0 Å². The molecule has 0 bridgehead atoms. The molecule has 2 aromatic heterocycles. The largest absolute Gasteiger partial charge is 0.393 e. The average Bonchev–Trinajstić information content (AvgIpc) is 2.83. The van der Waals surface area contributed by atoms with Crippen LogP contribution in [-0.2, 0) is 6.42 Å². The van der Waals surface area contributed by atoms with E-state index in [4.69, 9.17) is 0 Å². The van der Waals surface area contributed by atoms with Crippen molar-refractivity contribution in [2.45, 2.75) is 38.7 Å². The van der Waals surface area contributed by atoms with E-state index in [2.05, 4.69) is 22.5 Å². The van der Waals surface area contributed by atoms with E-state index in [1.165, 1.54) is 0 Å². The van der Waals surface area contributed by atoms with Crippen LogP contribution in [0.2, 0.25) is 0 Å². The minimum absolute atomic E-state index is 0.133. The number of fused-ring (bicyclic) bond motifs is 1. The minimum Gasteiger partial charge on any atom is -0.393 e. The number of nitrogens with zero attached hydrogens (tertiary/aromatic N) is 2. The van der Waals surface area contributed by atoms with Crippen LogP contribution < -0.4 is 0 Å². The lowest BCUT2D eigenvalue weighted by Gasteiger charge is -2.31. The summed E-state index contributed by atoms with van der Waals surface area (Å²) < 4.78 is 2.07. The Morgan fingerprint density at radius 3 is 3.24 bits per heavy atom. The molecule has 1 saturated carbocycles. The molecule has 0 amide bonds. The third-order valence-corrected chi connectivity index (χ3v) is 4.59. The van der Waals surface area contributed by atoms with Crippen molar-refractivity contribution in [3.8, 4) is 0 Å². The summed E-state index contributed by atoms with van der Waals surface area (Å²) in [5.41, 5.74) is 1.12. The van der Waals surface area contributed by atoms with E-state index >= 15 is 0 Å². The van der Waals surface area contributed by atoms with E-state index in [0.29, 0.717) is 5.92 Å². The zero-order valence-electron chi connectivity index (χ0n) is 10.0. The second kappa shape index (κ2) is 4.42. The van der Waals surface area contributed by atoms with Crippen molar-refractivity contribution in [3.05, 3.63) is 23.5 Å². The molecule has 0 aromatic carbocycles. The third-order valence-electron chi connectivity index (χ3n) is 3.82. The van der Waals surface area contributed by atoms with Gasteiger partial charge < -0.3 is 5.11 Å². The standard InChI is InChI=1S/C13H18N2OS/c1-9-2-3-12(16)10(6-9)7-11-8-15-4-5-17-13(15)14-11/h4-5,8-10,12,16H,2-3,6-7H2,1H3. The van der Waals surface area contributed by atoms with Gasteiger partial charge in [0.05, 0.1) is 11.8 Å². The highest BCUT2D eigenvalue weighted by Crippen LogP contribution is 2.31. The molecule has 0 spiro atoms. The molecule has 92 valence electrons. The Balaban J connectivity index is 1.75. The number of hydrogen-bond donors (Lipinski definition) is 1. The zero-order valence-corrected chi connectivity index (χ0v) is 10.9. The smallest absolute Gasteiger partial charge is 0.193 e. The van der Waals surface area contributed by atoms with E-state index in [0.717, 1.165) is 42.3 Å². The van der Waals surface area contributed by atoms with Crippen molar-refractivity contribution in [3.63, 3.8) is 0 Å². The first-order valence-electron chi connectivity index (χ1n) is 6.31. The first kappa shape index (κ1) is 11.2. The van der Waals surface area contributed by atoms with Gasteiger partial charge in [-0.25, -0.2) is 4.98 Å². The quantitative estimate of drug-likeness (QED) is 0.890. The van der Waals surface area contributed by atoms with Crippen molar-refractivity contribution >= 4 is 16.3 Å². The van der Waals surface area contributed by atoms with Crippen LogP contribution in [0.5, 0.6) is 0 Å². The van der Waals surface area contributed by atoms with Gasteiger partial charge in [-0.1, -0.05) is 6.92 Å². The van der Waals surface area contributed by atoms with Crippen molar-refractivity contribution in [1.82, 2.24) is 9.38 Å². The molecule has 0 aliphatic heterocycles. The van der Waals surface area contributed by atoms with Gasteiger partial charge >= 0.3 is 0 Å². The predicted octanol–water partition coefficient (Wildman–Crippen LogP) is 2.74. The fraction of sp³-hybridized carbons (Fsp3) is 0.615. The molecule has 1 aliphatic carbocycles. The number of hydrogen-bond acceptors (Lipinski definition) is 3. The van der Waals surface area contributed by atoms with Gasteiger partial charge in [0.15, 0.2) is 4.96 Å².